The van der Waals surface area contributed by atoms with Crippen molar-refractivity contribution in [2.24, 2.45) is 5.73 Å². The molecule has 0 aliphatic carbocycles. The maximum atomic E-state index is 12.1. The number of carbonyl (C=O) groups is 1. The third kappa shape index (κ3) is 3.67. The number of aromatic nitrogens is 1. The number of rotatable bonds is 7. The van der Waals surface area contributed by atoms with Gasteiger partial charge < -0.3 is 10.3 Å². The average Bonchev–Trinajstić information content (AvgIpc) is 3.07. The topological polar surface area (TPSA) is 71.8 Å². The highest BCUT2D eigenvalue weighted by molar-refractivity contribution is 6.18. The maximum absolute atomic E-state index is 12.1. The summed E-state index contributed by atoms with van der Waals surface area (Å²) in [7, 11) is 0. The molecule has 30 heavy (non-hydrogen) atoms. The van der Waals surface area contributed by atoms with E-state index in [1.807, 2.05) is 36.4 Å². The fourth-order valence-corrected chi connectivity index (χ4v) is 4.17. The highest BCUT2D eigenvalue weighted by Crippen LogP contribution is 2.33. The molecule has 0 fully saturated rings. The van der Waals surface area contributed by atoms with Gasteiger partial charge in [-0.3, -0.25) is 4.79 Å². The van der Waals surface area contributed by atoms with Gasteiger partial charge in [0, 0.05) is 28.4 Å². The number of nitriles is 1. The highest BCUT2D eigenvalue weighted by atomic mass is 16.1. The molecule has 4 nitrogen and oxygen atoms in total. The molecule has 150 valence electrons. The van der Waals surface area contributed by atoms with Crippen LogP contribution < -0.4 is 5.73 Å². The van der Waals surface area contributed by atoms with E-state index in [-0.39, 0.29) is 0 Å². The first-order chi connectivity index (χ1) is 14.6. The number of carbonyl (C=O) groups excluding carboxylic acids is 1. The molecule has 0 atom stereocenters. The SMILES string of the molecule is CCCCCc1ccc2c3c(C(N)=O)cccc3n(Cc3ccc(C#N)cc3)c2c1. The lowest BCUT2D eigenvalue weighted by Crippen LogP contribution is -2.11. The predicted octanol–water partition coefficient (Wildman–Crippen LogP) is 5.55. The minimum absolute atomic E-state index is 0.412. The number of fused-ring (bicyclic) bond motifs is 3. The molecule has 0 saturated heterocycles. The zero-order valence-electron chi connectivity index (χ0n) is 17.2. The summed E-state index contributed by atoms with van der Waals surface area (Å²) in [4.78, 5) is 12.1. The van der Waals surface area contributed by atoms with Crippen molar-refractivity contribution < 1.29 is 4.79 Å². The van der Waals surface area contributed by atoms with Gasteiger partial charge in [0.05, 0.1) is 17.1 Å². The first-order valence-electron chi connectivity index (χ1n) is 10.4. The van der Waals surface area contributed by atoms with E-state index in [1.165, 1.54) is 24.8 Å². The largest absolute Gasteiger partial charge is 0.366 e. The number of hydrogen-bond acceptors (Lipinski definition) is 2. The van der Waals surface area contributed by atoms with Gasteiger partial charge in [-0.15, -0.1) is 0 Å². The van der Waals surface area contributed by atoms with Gasteiger partial charge in [0.2, 0.25) is 5.91 Å². The molecule has 4 heteroatoms. The van der Waals surface area contributed by atoms with Crippen LogP contribution in [0.3, 0.4) is 0 Å². The Morgan fingerprint density at radius 2 is 1.77 bits per heavy atom. The molecule has 1 heterocycles. The molecule has 0 aliphatic rings. The second-order valence-electron chi connectivity index (χ2n) is 7.77. The van der Waals surface area contributed by atoms with Crippen molar-refractivity contribution in [3.05, 3.63) is 82.9 Å². The van der Waals surface area contributed by atoms with Gasteiger partial charge >= 0.3 is 0 Å². The molecule has 3 aromatic carbocycles. The monoisotopic (exact) mass is 395 g/mol. The Bertz CT molecular complexity index is 1260. The molecule has 0 unspecified atom stereocenters. The van der Waals surface area contributed by atoms with Crippen LogP contribution in [0.1, 0.15) is 53.2 Å². The van der Waals surface area contributed by atoms with Crippen LogP contribution in [0.2, 0.25) is 0 Å². The Morgan fingerprint density at radius 3 is 2.47 bits per heavy atom. The van der Waals surface area contributed by atoms with E-state index in [2.05, 4.69) is 35.8 Å². The van der Waals surface area contributed by atoms with E-state index in [9.17, 15) is 4.79 Å². The summed E-state index contributed by atoms with van der Waals surface area (Å²) in [5.74, 6) is -0.412. The molecule has 1 amide bonds. The summed E-state index contributed by atoms with van der Waals surface area (Å²) >= 11 is 0. The standard InChI is InChI=1S/C26H25N3O/c1-2-3-4-6-18-13-14-21-24(15-18)29(17-20-11-9-19(16-27)10-12-20)23-8-5-7-22(25(21)23)26(28)30/h5,7-15H,2-4,6,17H2,1H3,(H2,28,30). The third-order valence-corrected chi connectivity index (χ3v) is 5.71. The highest BCUT2D eigenvalue weighted by Gasteiger charge is 2.17. The van der Waals surface area contributed by atoms with Crippen molar-refractivity contribution >= 4 is 27.7 Å². The summed E-state index contributed by atoms with van der Waals surface area (Å²) in [5.41, 5.74) is 11.4. The van der Waals surface area contributed by atoms with Crippen LogP contribution in [0.25, 0.3) is 21.8 Å². The summed E-state index contributed by atoms with van der Waals surface area (Å²) < 4.78 is 2.25. The zero-order chi connectivity index (χ0) is 21.1. The van der Waals surface area contributed by atoms with Gasteiger partial charge in [0.25, 0.3) is 0 Å². The Morgan fingerprint density at radius 1 is 1.00 bits per heavy atom. The average molecular weight is 396 g/mol. The predicted molar refractivity (Wildman–Crippen MR) is 121 cm³/mol. The number of hydrogen-bond donors (Lipinski definition) is 1. The number of benzene rings is 3. The van der Waals surface area contributed by atoms with E-state index in [0.717, 1.165) is 33.8 Å². The van der Waals surface area contributed by atoms with E-state index in [0.29, 0.717) is 17.7 Å². The van der Waals surface area contributed by atoms with Crippen LogP contribution in [0.5, 0.6) is 0 Å². The lowest BCUT2D eigenvalue weighted by atomic mass is 10.0. The molecule has 0 aliphatic heterocycles. The molecule has 0 bridgehead atoms. The number of amides is 1. The Kier molecular flexibility index (Phi) is 5.54. The maximum Gasteiger partial charge on any atom is 0.249 e. The van der Waals surface area contributed by atoms with Crippen molar-refractivity contribution in [2.75, 3.05) is 0 Å². The molecule has 0 spiro atoms. The van der Waals surface area contributed by atoms with E-state index in [1.54, 1.807) is 6.07 Å². The van der Waals surface area contributed by atoms with Gasteiger partial charge in [-0.05, 0) is 54.3 Å². The van der Waals surface area contributed by atoms with E-state index >= 15 is 0 Å². The van der Waals surface area contributed by atoms with Crippen molar-refractivity contribution in [3.8, 4) is 6.07 Å². The molecule has 0 saturated carbocycles. The van der Waals surface area contributed by atoms with Crippen LogP contribution in [-0.4, -0.2) is 10.5 Å². The first kappa shape index (κ1) is 19.7. The molecular weight excluding hydrogens is 370 g/mol. The van der Waals surface area contributed by atoms with Crippen molar-refractivity contribution in [3.63, 3.8) is 0 Å². The number of nitrogens with two attached hydrogens (primary N) is 1. The lowest BCUT2D eigenvalue weighted by Gasteiger charge is -2.09. The quantitative estimate of drug-likeness (QED) is 0.417. The number of unbranched alkanes of at least 4 members (excludes halogenated alkanes) is 2. The molecule has 0 radical (unpaired) electrons. The second-order valence-corrected chi connectivity index (χ2v) is 7.77. The Hall–Kier alpha value is -3.58. The summed E-state index contributed by atoms with van der Waals surface area (Å²) in [5, 5.41) is 11.0. The number of primary amides is 1. The Balaban J connectivity index is 1.89. The fourth-order valence-electron chi connectivity index (χ4n) is 4.17. The van der Waals surface area contributed by atoms with E-state index < -0.39 is 5.91 Å². The summed E-state index contributed by atoms with van der Waals surface area (Å²) in [6, 6.07) is 22.1. The van der Waals surface area contributed by atoms with Crippen LogP contribution in [0, 0.1) is 11.3 Å². The fraction of sp³-hybridized carbons (Fsp3) is 0.231. The summed E-state index contributed by atoms with van der Waals surface area (Å²) in [6.45, 7) is 2.87. The van der Waals surface area contributed by atoms with Gasteiger partial charge in [-0.1, -0.05) is 50.1 Å². The van der Waals surface area contributed by atoms with Gasteiger partial charge in [0.1, 0.15) is 0 Å². The lowest BCUT2D eigenvalue weighted by molar-refractivity contribution is 0.100. The third-order valence-electron chi connectivity index (χ3n) is 5.71. The van der Waals surface area contributed by atoms with Crippen LogP contribution in [0.4, 0.5) is 0 Å². The minimum Gasteiger partial charge on any atom is -0.366 e. The number of aryl methyl sites for hydroxylation is 1. The van der Waals surface area contributed by atoms with E-state index in [4.69, 9.17) is 11.0 Å². The Labute approximate surface area is 176 Å². The molecule has 1 aromatic heterocycles. The molecule has 4 rings (SSSR count). The molecular formula is C26H25N3O. The second kappa shape index (κ2) is 8.42. The normalized spacial score (nSPS) is 11.1. The molecule has 4 aromatic rings. The first-order valence-corrected chi connectivity index (χ1v) is 10.4. The van der Waals surface area contributed by atoms with Crippen LogP contribution in [0.15, 0.2) is 60.7 Å². The van der Waals surface area contributed by atoms with Crippen LogP contribution in [-0.2, 0) is 13.0 Å². The van der Waals surface area contributed by atoms with Crippen LogP contribution >= 0.6 is 0 Å². The van der Waals surface area contributed by atoms with Gasteiger partial charge in [-0.2, -0.15) is 5.26 Å². The molecule has 2 N–H and O–H groups in total. The van der Waals surface area contributed by atoms with Crippen molar-refractivity contribution in [1.82, 2.24) is 4.57 Å². The smallest absolute Gasteiger partial charge is 0.249 e. The zero-order valence-corrected chi connectivity index (χ0v) is 17.2. The number of nitrogens with zero attached hydrogens (tertiary/aromatic N) is 2. The van der Waals surface area contributed by atoms with Gasteiger partial charge in [0.15, 0.2) is 0 Å². The van der Waals surface area contributed by atoms with Crippen molar-refractivity contribution in [1.29, 1.82) is 5.26 Å². The van der Waals surface area contributed by atoms with Gasteiger partial charge in [-0.25, -0.2) is 0 Å². The minimum atomic E-state index is -0.412. The van der Waals surface area contributed by atoms with Crippen molar-refractivity contribution in [2.45, 2.75) is 39.2 Å². The summed E-state index contributed by atoms with van der Waals surface area (Å²) in [6.07, 6.45) is 4.64.